The number of carbonyl (C=O) groups is 2. The molecular formula is C16H13N3O5. The van der Waals surface area contributed by atoms with Gasteiger partial charge in [-0.25, -0.2) is 9.96 Å². The molecule has 2 amide bonds. The predicted octanol–water partition coefficient (Wildman–Crippen LogP) is 2.12. The third kappa shape index (κ3) is 2.59. The summed E-state index contributed by atoms with van der Waals surface area (Å²) in [6.45, 7) is 0. The van der Waals surface area contributed by atoms with Crippen LogP contribution in [0, 0.1) is 10.1 Å². The van der Waals surface area contributed by atoms with Crippen LogP contribution in [0.1, 0.15) is 6.42 Å². The first-order valence-electron chi connectivity index (χ1n) is 7.14. The van der Waals surface area contributed by atoms with Gasteiger partial charge in [0.05, 0.1) is 17.0 Å². The van der Waals surface area contributed by atoms with Crippen molar-refractivity contribution >= 4 is 28.9 Å². The summed E-state index contributed by atoms with van der Waals surface area (Å²) in [5.74, 6) is -1.31. The van der Waals surface area contributed by atoms with E-state index in [1.54, 1.807) is 30.3 Å². The molecule has 8 nitrogen and oxygen atoms in total. The van der Waals surface area contributed by atoms with Gasteiger partial charge in [-0.15, -0.1) is 0 Å². The zero-order valence-electron chi connectivity index (χ0n) is 12.4. The van der Waals surface area contributed by atoms with Crippen LogP contribution in [0.15, 0.2) is 54.6 Å². The summed E-state index contributed by atoms with van der Waals surface area (Å²) in [6, 6.07) is 12.7. The number of hydrogen-bond acceptors (Lipinski definition) is 6. The summed E-state index contributed by atoms with van der Waals surface area (Å²) >= 11 is 0. The van der Waals surface area contributed by atoms with Gasteiger partial charge in [0.25, 0.3) is 11.6 Å². The minimum Gasteiger partial charge on any atom is -0.288 e. The lowest BCUT2D eigenvalue weighted by Crippen LogP contribution is -2.40. The van der Waals surface area contributed by atoms with Crippen molar-refractivity contribution in [3.05, 3.63) is 64.7 Å². The van der Waals surface area contributed by atoms with Gasteiger partial charge in [0.1, 0.15) is 11.7 Å². The van der Waals surface area contributed by atoms with E-state index in [9.17, 15) is 24.9 Å². The number of nitro groups is 1. The second kappa shape index (κ2) is 6.09. The summed E-state index contributed by atoms with van der Waals surface area (Å²) in [5, 5.41) is 22.1. The molecule has 1 heterocycles. The van der Waals surface area contributed by atoms with Crippen LogP contribution in [0.5, 0.6) is 0 Å². The second-order valence-corrected chi connectivity index (χ2v) is 5.21. The van der Waals surface area contributed by atoms with Crippen LogP contribution in [0.4, 0.5) is 17.1 Å². The average Bonchev–Trinajstić information content (AvgIpc) is 2.89. The fourth-order valence-electron chi connectivity index (χ4n) is 2.63. The maximum atomic E-state index is 12.6. The van der Waals surface area contributed by atoms with Gasteiger partial charge in [0.2, 0.25) is 5.91 Å². The first-order valence-corrected chi connectivity index (χ1v) is 7.14. The van der Waals surface area contributed by atoms with Crippen molar-refractivity contribution in [2.24, 2.45) is 0 Å². The first-order chi connectivity index (χ1) is 11.5. The molecule has 0 spiro atoms. The number of amides is 2. The van der Waals surface area contributed by atoms with Crippen LogP contribution in [0.25, 0.3) is 0 Å². The Labute approximate surface area is 136 Å². The molecule has 0 bridgehead atoms. The fourth-order valence-corrected chi connectivity index (χ4v) is 2.63. The Morgan fingerprint density at radius 3 is 2.38 bits per heavy atom. The molecule has 1 aliphatic rings. The van der Waals surface area contributed by atoms with Crippen LogP contribution < -0.4 is 9.96 Å². The topological polar surface area (TPSA) is 104 Å². The van der Waals surface area contributed by atoms with Crippen molar-refractivity contribution in [1.82, 2.24) is 0 Å². The highest BCUT2D eigenvalue weighted by atomic mass is 16.6. The SMILES string of the molecule is O=C1CC(N(O)c2ccccc2)C(=O)N1c1ccccc1[N+](=O)[O-]. The van der Waals surface area contributed by atoms with E-state index >= 15 is 0 Å². The molecule has 0 aliphatic carbocycles. The molecule has 0 saturated carbocycles. The molecule has 0 aromatic heterocycles. The molecule has 1 fully saturated rings. The van der Waals surface area contributed by atoms with Crippen LogP contribution >= 0.6 is 0 Å². The normalized spacial score (nSPS) is 17.2. The van der Waals surface area contributed by atoms with Crippen molar-refractivity contribution < 1.29 is 19.7 Å². The second-order valence-electron chi connectivity index (χ2n) is 5.21. The predicted molar refractivity (Wildman–Crippen MR) is 84.7 cm³/mol. The average molecular weight is 327 g/mol. The number of hydroxylamine groups is 1. The van der Waals surface area contributed by atoms with E-state index in [-0.39, 0.29) is 17.8 Å². The van der Waals surface area contributed by atoms with Crippen LogP contribution in [0.3, 0.4) is 0 Å². The Morgan fingerprint density at radius 2 is 1.71 bits per heavy atom. The molecule has 1 atom stereocenters. The van der Waals surface area contributed by atoms with Crippen molar-refractivity contribution in [3.63, 3.8) is 0 Å². The maximum Gasteiger partial charge on any atom is 0.293 e. The number of nitrogens with zero attached hydrogens (tertiary/aromatic N) is 3. The molecule has 3 rings (SSSR count). The number of carbonyl (C=O) groups excluding carboxylic acids is 2. The van der Waals surface area contributed by atoms with Gasteiger partial charge in [0, 0.05) is 6.07 Å². The van der Waals surface area contributed by atoms with E-state index in [1.807, 2.05) is 0 Å². The van der Waals surface area contributed by atoms with E-state index in [1.165, 1.54) is 24.3 Å². The summed E-state index contributed by atoms with van der Waals surface area (Å²) in [7, 11) is 0. The fraction of sp³-hybridized carbons (Fsp3) is 0.125. The zero-order valence-corrected chi connectivity index (χ0v) is 12.4. The quantitative estimate of drug-likeness (QED) is 0.524. The maximum absolute atomic E-state index is 12.6. The molecule has 24 heavy (non-hydrogen) atoms. The van der Waals surface area contributed by atoms with E-state index in [4.69, 9.17) is 0 Å². The third-order valence-corrected chi connectivity index (χ3v) is 3.76. The zero-order chi connectivity index (χ0) is 17.3. The Balaban J connectivity index is 1.95. The molecule has 2 aromatic carbocycles. The minimum atomic E-state index is -1.13. The van der Waals surface area contributed by atoms with Gasteiger partial charge in [0.15, 0.2) is 0 Å². The molecule has 0 radical (unpaired) electrons. The highest BCUT2D eigenvalue weighted by molar-refractivity contribution is 6.24. The highest BCUT2D eigenvalue weighted by Gasteiger charge is 2.45. The van der Waals surface area contributed by atoms with E-state index < -0.39 is 22.8 Å². The smallest absolute Gasteiger partial charge is 0.288 e. The molecule has 8 heteroatoms. The van der Waals surface area contributed by atoms with Crippen LogP contribution in [-0.2, 0) is 9.59 Å². The molecule has 1 saturated heterocycles. The lowest BCUT2D eigenvalue weighted by Gasteiger charge is -2.22. The largest absolute Gasteiger partial charge is 0.293 e. The standard InChI is InChI=1S/C16H13N3O5/c20-15-10-14(18(22)11-6-2-1-3-7-11)16(21)17(15)12-8-4-5-9-13(12)19(23)24/h1-9,14,22H,10H2. The van der Waals surface area contributed by atoms with Gasteiger partial charge in [-0.2, -0.15) is 0 Å². The highest BCUT2D eigenvalue weighted by Crippen LogP contribution is 2.33. The summed E-state index contributed by atoms with van der Waals surface area (Å²) < 4.78 is 0. The Kier molecular flexibility index (Phi) is 3.97. The first kappa shape index (κ1) is 15.6. The van der Waals surface area contributed by atoms with E-state index in [0.717, 1.165) is 9.96 Å². The molecule has 1 N–H and O–H groups in total. The van der Waals surface area contributed by atoms with Crippen LogP contribution in [-0.4, -0.2) is 28.0 Å². The van der Waals surface area contributed by atoms with Gasteiger partial charge in [-0.1, -0.05) is 30.3 Å². The van der Waals surface area contributed by atoms with Crippen molar-refractivity contribution in [2.75, 3.05) is 9.96 Å². The molecule has 1 aliphatic heterocycles. The van der Waals surface area contributed by atoms with Gasteiger partial charge < -0.3 is 0 Å². The number of para-hydroxylation sites is 3. The Morgan fingerprint density at radius 1 is 1.08 bits per heavy atom. The lowest BCUT2D eigenvalue weighted by molar-refractivity contribution is -0.384. The molecule has 1 unspecified atom stereocenters. The summed E-state index contributed by atoms with van der Waals surface area (Å²) in [6.07, 6.45) is -0.268. The number of hydrogen-bond donors (Lipinski definition) is 1. The third-order valence-electron chi connectivity index (χ3n) is 3.76. The van der Waals surface area contributed by atoms with E-state index in [0.29, 0.717) is 5.69 Å². The monoisotopic (exact) mass is 327 g/mol. The summed E-state index contributed by atoms with van der Waals surface area (Å²) in [4.78, 5) is 36.1. The number of rotatable bonds is 4. The minimum absolute atomic E-state index is 0.0959. The molecular weight excluding hydrogens is 314 g/mol. The number of nitro benzene ring substituents is 1. The van der Waals surface area contributed by atoms with Crippen molar-refractivity contribution in [3.8, 4) is 0 Å². The summed E-state index contributed by atoms with van der Waals surface area (Å²) in [5.41, 5.74) is -0.0847. The Hall–Kier alpha value is -3.26. The molecule has 122 valence electrons. The van der Waals surface area contributed by atoms with Gasteiger partial charge in [-0.05, 0) is 18.2 Å². The number of benzene rings is 2. The van der Waals surface area contributed by atoms with Crippen molar-refractivity contribution in [2.45, 2.75) is 12.5 Å². The van der Waals surface area contributed by atoms with Crippen molar-refractivity contribution in [1.29, 1.82) is 0 Å². The Bertz CT molecular complexity index is 808. The van der Waals surface area contributed by atoms with E-state index in [2.05, 4.69) is 0 Å². The molecule has 2 aromatic rings. The number of imide groups is 1. The number of anilines is 2. The van der Waals surface area contributed by atoms with Crippen LogP contribution in [0.2, 0.25) is 0 Å². The lowest BCUT2D eigenvalue weighted by atomic mass is 10.2. The van der Waals surface area contributed by atoms with Gasteiger partial charge in [-0.3, -0.25) is 24.9 Å². The van der Waals surface area contributed by atoms with Gasteiger partial charge >= 0.3 is 0 Å².